The van der Waals surface area contributed by atoms with Crippen LogP contribution in [0.1, 0.15) is 15.3 Å². The van der Waals surface area contributed by atoms with Crippen LogP contribution < -0.4 is 10.5 Å². The van der Waals surface area contributed by atoms with Gasteiger partial charge >= 0.3 is 0 Å². The largest absolute Gasteiger partial charge is 0.488 e. The third kappa shape index (κ3) is 4.11. The van der Waals surface area contributed by atoms with Gasteiger partial charge in [0.2, 0.25) is 0 Å². The topological polar surface area (TPSA) is 55.5 Å². The molecule has 0 aliphatic rings. The molecule has 0 amide bonds. The van der Waals surface area contributed by atoms with Crippen molar-refractivity contribution in [3.8, 4) is 17.6 Å². The van der Waals surface area contributed by atoms with Crippen molar-refractivity contribution in [2.24, 2.45) is 5.73 Å². The second-order valence-corrected chi connectivity index (χ2v) is 5.03. The Bertz CT molecular complexity index is 578. The number of aliphatic hydroxyl groups is 1. The van der Waals surface area contributed by atoms with Crippen LogP contribution in [0.4, 0.5) is 0 Å². The van der Waals surface area contributed by atoms with Gasteiger partial charge in [-0.15, -0.1) is 11.3 Å². The van der Waals surface area contributed by atoms with Crippen molar-refractivity contribution in [2.75, 3.05) is 6.54 Å². The molecule has 0 unspecified atom stereocenters. The van der Waals surface area contributed by atoms with Gasteiger partial charge in [-0.25, -0.2) is 0 Å². The highest BCUT2D eigenvalue weighted by Crippen LogP contribution is 2.19. The molecule has 98 valence electrons. The highest BCUT2D eigenvalue weighted by Gasteiger charge is 2.00. The van der Waals surface area contributed by atoms with Gasteiger partial charge in [-0.05, 0) is 29.8 Å². The standard InChI is InChI=1S/C15H15NO2S/c16-9-1-2-14-7-8-15(19-14)11-18-13-5-3-12(10-17)4-6-13/h3-8,17H,9-11,16H2. The summed E-state index contributed by atoms with van der Waals surface area (Å²) < 4.78 is 5.67. The van der Waals surface area contributed by atoms with E-state index in [1.807, 2.05) is 36.4 Å². The lowest BCUT2D eigenvalue weighted by atomic mass is 10.2. The number of hydrogen-bond donors (Lipinski definition) is 2. The van der Waals surface area contributed by atoms with Crippen LogP contribution in [0.2, 0.25) is 0 Å². The molecule has 0 atom stereocenters. The van der Waals surface area contributed by atoms with E-state index in [1.54, 1.807) is 11.3 Å². The van der Waals surface area contributed by atoms with Gasteiger partial charge < -0.3 is 15.6 Å². The molecule has 0 aliphatic heterocycles. The van der Waals surface area contributed by atoms with Crippen molar-refractivity contribution in [3.05, 3.63) is 51.7 Å². The summed E-state index contributed by atoms with van der Waals surface area (Å²) in [6, 6.07) is 11.4. The number of hydrogen-bond acceptors (Lipinski definition) is 4. The van der Waals surface area contributed by atoms with E-state index in [2.05, 4.69) is 11.8 Å². The van der Waals surface area contributed by atoms with Crippen LogP contribution in [0.3, 0.4) is 0 Å². The Morgan fingerprint density at radius 2 is 1.95 bits per heavy atom. The number of ether oxygens (including phenoxy) is 1. The molecule has 3 N–H and O–H groups in total. The molecular formula is C15H15NO2S. The zero-order valence-corrected chi connectivity index (χ0v) is 11.2. The van der Waals surface area contributed by atoms with Crippen LogP contribution in [0, 0.1) is 11.8 Å². The summed E-state index contributed by atoms with van der Waals surface area (Å²) in [5.74, 6) is 6.62. The fraction of sp³-hybridized carbons (Fsp3) is 0.200. The van der Waals surface area contributed by atoms with Crippen molar-refractivity contribution in [3.63, 3.8) is 0 Å². The Balaban J connectivity index is 1.92. The van der Waals surface area contributed by atoms with Crippen LogP contribution in [0.25, 0.3) is 0 Å². The fourth-order valence-electron chi connectivity index (χ4n) is 1.51. The summed E-state index contributed by atoms with van der Waals surface area (Å²) in [7, 11) is 0. The van der Waals surface area contributed by atoms with E-state index >= 15 is 0 Å². The Morgan fingerprint density at radius 3 is 2.63 bits per heavy atom. The van der Waals surface area contributed by atoms with Crippen LogP contribution >= 0.6 is 11.3 Å². The van der Waals surface area contributed by atoms with E-state index in [1.165, 1.54) is 0 Å². The van der Waals surface area contributed by atoms with Gasteiger partial charge in [0.1, 0.15) is 12.4 Å². The average molecular weight is 273 g/mol. The Kier molecular flexibility index (Phi) is 4.99. The Labute approximate surface area is 116 Å². The molecule has 2 aromatic rings. The van der Waals surface area contributed by atoms with Gasteiger partial charge in [0.25, 0.3) is 0 Å². The minimum atomic E-state index is 0.0500. The van der Waals surface area contributed by atoms with Gasteiger partial charge in [-0.3, -0.25) is 0 Å². The molecule has 0 radical (unpaired) electrons. The molecule has 0 fully saturated rings. The van der Waals surface area contributed by atoms with Gasteiger partial charge in [-0.1, -0.05) is 24.0 Å². The zero-order chi connectivity index (χ0) is 13.5. The number of rotatable bonds is 4. The lowest BCUT2D eigenvalue weighted by Gasteiger charge is -2.04. The predicted molar refractivity (Wildman–Crippen MR) is 76.9 cm³/mol. The molecule has 1 aromatic heterocycles. The molecule has 0 aliphatic carbocycles. The van der Waals surface area contributed by atoms with Crippen LogP contribution in [-0.4, -0.2) is 11.7 Å². The normalized spacial score (nSPS) is 9.79. The molecule has 3 nitrogen and oxygen atoms in total. The van der Waals surface area contributed by atoms with Gasteiger partial charge in [0.05, 0.1) is 18.0 Å². The van der Waals surface area contributed by atoms with Gasteiger partial charge in [0, 0.05) is 4.88 Å². The summed E-state index contributed by atoms with van der Waals surface area (Å²) in [4.78, 5) is 2.12. The number of benzene rings is 1. The van der Waals surface area contributed by atoms with Crippen molar-refractivity contribution in [1.29, 1.82) is 0 Å². The van der Waals surface area contributed by atoms with Crippen molar-refractivity contribution in [1.82, 2.24) is 0 Å². The number of nitrogens with two attached hydrogens (primary N) is 1. The van der Waals surface area contributed by atoms with Crippen molar-refractivity contribution in [2.45, 2.75) is 13.2 Å². The molecular weight excluding hydrogens is 258 g/mol. The average Bonchev–Trinajstić information content (AvgIpc) is 2.91. The van der Waals surface area contributed by atoms with E-state index in [0.29, 0.717) is 13.2 Å². The molecule has 0 saturated heterocycles. The molecule has 2 rings (SSSR count). The number of aliphatic hydroxyl groups excluding tert-OH is 1. The third-order valence-electron chi connectivity index (χ3n) is 2.46. The van der Waals surface area contributed by atoms with E-state index in [4.69, 9.17) is 15.6 Å². The summed E-state index contributed by atoms with van der Waals surface area (Å²) in [6.07, 6.45) is 0. The fourth-order valence-corrected chi connectivity index (χ4v) is 2.30. The quantitative estimate of drug-likeness (QED) is 0.839. The lowest BCUT2D eigenvalue weighted by molar-refractivity contribution is 0.281. The second-order valence-electron chi connectivity index (χ2n) is 3.86. The maximum atomic E-state index is 8.95. The smallest absolute Gasteiger partial charge is 0.122 e. The maximum Gasteiger partial charge on any atom is 0.122 e. The minimum Gasteiger partial charge on any atom is -0.488 e. The number of thiophene rings is 1. The highest BCUT2D eigenvalue weighted by atomic mass is 32.1. The van der Waals surface area contributed by atoms with Crippen molar-refractivity contribution < 1.29 is 9.84 Å². The van der Waals surface area contributed by atoms with Crippen LogP contribution in [0.5, 0.6) is 5.75 Å². The molecule has 1 aromatic carbocycles. The first kappa shape index (κ1) is 13.6. The predicted octanol–water partition coefficient (Wildman–Crippen LogP) is 2.13. The second kappa shape index (κ2) is 6.95. The SMILES string of the molecule is NCC#Cc1ccc(COc2ccc(CO)cc2)s1. The summed E-state index contributed by atoms with van der Waals surface area (Å²) in [6.45, 7) is 0.947. The first-order valence-corrected chi connectivity index (χ1v) is 6.73. The third-order valence-corrected chi connectivity index (χ3v) is 3.44. The lowest BCUT2D eigenvalue weighted by Crippen LogP contribution is -1.93. The summed E-state index contributed by atoms with van der Waals surface area (Å²) >= 11 is 1.61. The first-order chi connectivity index (χ1) is 9.31. The van der Waals surface area contributed by atoms with E-state index < -0.39 is 0 Å². The van der Waals surface area contributed by atoms with E-state index in [0.717, 1.165) is 21.1 Å². The molecule has 0 spiro atoms. The molecule has 19 heavy (non-hydrogen) atoms. The first-order valence-electron chi connectivity index (χ1n) is 5.92. The Hall–Kier alpha value is -1.80. The van der Waals surface area contributed by atoms with Crippen molar-refractivity contribution >= 4 is 11.3 Å². The summed E-state index contributed by atoms with van der Waals surface area (Å²) in [5.41, 5.74) is 6.21. The van der Waals surface area contributed by atoms with Gasteiger partial charge in [-0.2, -0.15) is 0 Å². The van der Waals surface area contributed by atoms with E-state index in [-0.39, 0.29) is 6.61 Å². The highest BCUT2D eigenvalue weighted by molar-refractivity contribution is 7.12. The minimum absolute atomic E-state index is 0.0500. The molecule has 1 heterocycles. The monoisotopic (exact) mass is 273 g/mol. The molecule has 4 heteroatoms. The van der Waals surface area contributed by atoms with Crippen LogP contribution in [-0.2, 0) is 13.2 Å². The van der Waals surface area contributed by atoms with E-state index in [9.17, 15) is 0 Å². The maximum absolute atomic E-state index is 8.95. The Morgan fingerprint density at radius 1 is 1.16 bits per heavy atom. The molecule has 0 bridgehead atoms. The summed E-state index contributed by atoms with van der Waals surface area (Å²) in [5, 5.41) is 8.95. The molecule has 0 saturated carbocycles. The van der Waals surface area contributed by atoms with Crippen LogP contribution in [0.15, 0.2) is 36.4 Å². The van der Waals surface area contributed by atoms with Gasteiger partial charge in [0.15, 0.2) is 0 Å². The zero-order valence-electron chi connectivity index (χ0n) is 10.4.